The Morgan fingerprint density at radius 3 is 3.18 bits per heavy atom. The average Bonchev–Trinajstić information content (AvgIpc) is 2.30. The smallest absolute Gasteiger partial charge is 0.237 e. The van der Waals surface area contributed by atoms with Crippen LogP contribution in [-0.2, 0) is 16.0 Å². The molecule has 2 fully saturated rings. The molecule has 5 heteroatoms. The third-order valence-electron chi connectivity index (χ3n) is 2.22. The van der Waals surface area contributed by atoms with Gasteiger partial charge in [-0.3, -0.25) is 9.69 Å². The van der Waals surface area contributed by atoms with Crippen LogP contribution in [-0.4, -0.2) is 38.4 Å². The van der Waals surface area contributed by atoms with Crippen LogP contribution < -0.4 is 0 Å². The molecular formula is C6H8BrNO2S. The fraction of sp³-hybridized carbons (Fsp3) is 0.833. The number of rotatable bonds is 1. The molecule has 0 radical (unpaired) electrons. The number of halogens is 1. The molecule has 62 valence electrons. The van der Waals surface area contributed by atoms with E-state index in [-0.39, 0.29) is 17.2 Å². The zero-order chi connectivity index (χ0) is 8.01. The standard InChI is InChI=1S/C6H8BrNO2S/c7-3-4-5(9)8-1-2-11(10)6(4)8/h4,6H,1-3H2/t4?,6-,11?/m0/s1. The SMILES string of the molecule is O=C1C(CBr)[C@H]2N1CC[S+]2[O-]. The maximum atomic E-state index is 11.2. The van der Waals surface area contributed by atoms with E-state index < -0.39 is 11.2 Å². The monoisotopic (exact) mass is 237 g/mol. The average molecular weight is 238 g/mol. The van der Waals surface area contributed by atoms with Crippen molar-refractivity contribution in [3.8, 4) is 0 Å². The normalized spacial score (nSPS) is 42.2. The van der Waals surface area contributed by atoms with E-state index in [4.69, 9.17) is 0 Å². The molecule has 0 saturated carbocycles. The van der Waals surface area contributed by atoms with E-state index in [0.717, 1.165) is 0 Å². The van der Waals surface area contributed by atoms with Gasteiger partial charge < -0.3 is 4.55 Å². The maximum Gasteiger partial charge on any atom is 0.237 e. The Labute approximate surface area is 76.4 Å². The summed E-state index contributed by atoms with van der Waals surface area (Å²) in [6.45, 7) is 0.694. The summed E-state index contributed by atoms with van der Waals surface area (Å²) in [6, 6.07) is 0. The first kappa shape index (κ1) is 7.89. The lowest BCUT2D eigenvalue weighted by Gasteiger charge is -2.38. The molecule has 1 amide bonds. The van der Waals surface area contributed by atoms with Crippen molar-refractivity contribution >= 4 is 33.0 Å². The summed E-state index contributed by atoms with van der Waals surface area (Å²) in [4.78, 5) is 12.9. The lowest BCUT2D eigenvalue weighted by molar-refractivity contribution is -0.147. The van der Waals surface area contributed by atoms with E-state index >= 15 is 0 Å². The maximum absolute atomic E-state index is 11.2. The number of carbonyl (C=O) groups is 1. The summed E-state index contributed by atoms with van der Waals surface area (Å²) < 4.78 is 11.2. The zero-order valence-corrected chi connectivity index (χ0v) is 8.23. The summed E-state index contributed by atoms with van der Waals surface area (Å²) in [6.07, 6.45) is 0. The van der Waals surface area contributed by atoms with Crippen LogP contribution in [0, 0.1) is 5.92 Å². The van der Waals surface area contributed by atoms with Crippen molar-refractivity contribution in [2.75, 3.05) is 17.6 Å². The molecule has 0 spiro atoms. The highest BCUT2D eigenvalue weighted by molar-refractivity contribution is 9.09. The van der Waals surface area contributed by atoms with Crippen molar-refractivity contribution in [3.05, 3.63) is 0 Å². The molecular weight excluding hydrogens is 230 g/mol. The molecule has 0 aliphatic carbocycles. The van der Waals surface area contributed by atoms with Gasteiger partial charge in [-0.05, 0) is 11.2 Å². The van der Waals surface area contributed by atoms with Crippen LogP contribution in [0.1, 0.15) is 0 Å². The zero-order valence-electron chi connectivity index (χ0n) is 5.83. The van der Waals surface area contributed by atoms with Crippen LogP contribution in [0.2, 0.25) is 0 Å². The van der Waals surface area contributed by atoms with E-state index in [2.05, 4.69) is 15.9 Å². The molecule has 11 heavy (non-hydrogen) atoms. The van der Waals surface area contributed by atoms with Crippen LogP contribution >= 0.6 is 15.9 Å². The van der Waals surface area contributed by atoms with Crippen LogP contribution in [0.25, 0.3) is 0 Å². The first-order valence-corrected chi connectivity index (χ1v) is 5.99. The number of nitrogens with zero attached hydrogens (tertiary/aromatic N) is 1. The molecule has 2 unspecified atom stereocenters. The molecule has 0 aromatic rings. The molecule has 3 nitrogen and oxygen atoms in total. The van der Waals surface area contributed by atoms with Crippen LogP contribution in [0.15, 0.2) is 0 Å². The van der Waals surface area contributed by atoms with E-state index in [1.807, 2.05) is 0 Å². The lowest BCUT2D eigenvalue weighted by Crippen LogP contribution is -2.60. The Morgan fingerprint density at radius 2 is 2.55 bits per heavy atom. The van der Waals surface area contributed by atoms with Gasteiger partial charge in [-0.2, -0.15) is 0 Å². The number of amides is 1. The molecule has 3 atom stereocenters. The number of β-lactam (4-membered cyclic amide) rings is 1. The quantitative estimate of drug-likeness (QED) is 0.364. The molecule has 0 bridgehead atoms. The second-order valence-corrected chi connectivity index (χ2v) is 5.07. The fourth-order valence-electron chi connectivity index (χ4n) is 1.61. The number of alkyl halides is 1. The number of hydrogen-bond acceptors (Lipinski definition) is 2. The van der Waals surface area contributed by atoms with Crippen molar-refractivity contribution in [1.82, 2.24) is 4.90 Å². The summed E-state index contributed by atoms with van der Waals surface area (Å²) in [5, 5.41) is 0.681. The Bertz CT molecular complexity index is 201. The predicted octanol–water partition coefficient (Wildman–Crippen LogP) is -0.0719. The molecule has 0 aromatic heterocycles. The number of carbonyl (C=O) groups excluding carboxylic acids is 1. The largest absolute Gasteiger partial charge is 0.615 e. The Hall–Kier alpha value is 0.260. The third-order valence-corrected chi connectivity index (χ3v) is 4.62. The van der Waals surface area contributed by atoms with Gasteiger partial charge in [-0.25, -0.2) is 0 Å². The van der Waals surface area contributed by atoms with Crippen LogP contribution in [0.3, 0.4) is 0 Å². The van der Waals surface area contributed by atoms with E-state index in [9.17, 15) is 9.35 Å². The van der Waals surface area contributed by atoms with Gasteiger partial charge in [0, 0.05) is 5.33 Å². The molecule has 0 N–H and O–H groups in total. The highest BCUT2D eigenvalue weighted by atomic mass is 79.9. The van der Waals surface area contributed by atoms with Crippen LogP contribution in [0.4, 0.5) is 0 Å². The second kappa shape index (κ2) is 2.64. The summed E-state index contributed by atoms with van der Waals surface area (Å²) in [7, 11) is 0. The Balaban J connectivity index is 2.12. The summed E-state index contributed by atoms with van der Waals surface area (Å²) in [5.74, 6) is 0.816. The van der Waals surface area contributed by atoms with Gasteiger partial charge in [0.1, 0.15) is 11.7 Å². The van der Waals surface area contributed by atoms with Crippen molar-refractivity contribution in [3.63, 3.8) is 0 Å². The van der Waals surface area contributed by atoms with Gasteiger partial charge in [0.25, 0.3) is 0 Å². The topological polar surface area (TPSA) is 43.4 Å². The van der Waals surface area contributed by atoms with Gasteiger partial charge in [0.2, 0.25) is 11.3 Å². The van der Waals surface area contributed by atoms with Gasteiger partial charge in [0.05, 0.1) is 6.54 Å². The van der Waals surface area contributed by atoms with Crippen LogP contribution in [0.5, 0.6) is 0 Å². The van der Waals surface area contributed by atoms with Gasteiger partial charge in [0.15, 0.2) is 0 Å². The lowest BCUT2D eigenvalue weighted by atomic mass is 10.0. The van der Waals surface area contributed by atoms with E-state index in [1.165, 1.54) is 0 Å². The highest BCUT2D eigenvalue weighted by Gasteiger charge is 2.57. The van der Waals surface area contributed by atoms with Crippen molar-refractivity contribution < 1.29 is 9.35 Å². The van der Waals surface area contributed by atoms with Gasteiger partial charge in [-0.15, -0.1) is 0 Å². The molecule has 2 aliphatic rings. The summed E-state index contributed by atoms with van der Waals surface area (Å²) >= 11 is 2.46. The predicted molar refractivity (Wildman–Crippen MR) is 45.8 cm³/mol. The molecule has 2 heterocycles. The fourth-order valence-corrected chi connectivity index (χ4v) is 4.18. The van der Waals surface area contributed by atoms with Crippen molar-refractivity contribution in [2.24, 2.45) is 5.92 Å². The third kappa shape index (κ3) is 0.942. The van der Waals surface area contributed by atoms with Gasteiger partial charge >= 0.3 is 0 Å². The minimum absolute atomic E-state index is 0.0154. The molecule has 2 aliphatic heterocycles. The summed E-state index contributed by atoms with van der Waals surface area (Å²) in [5.41, 5.74) is 0. The Morgan fingerprint density at radius 1 is 1.82 bits per heavy atom. The second-order valence-electron chi connectivity index (χ2n) is 2.77. The number of hydrogen-bond donors (Lipinski definition) is 0. The van der Waals surface area contributed by atoms with Crippen molar-refractivity contribution in [2.45, 2.75) is 5.37 Å². The number of fused-ring (bicyclic) bond motifs is 1. The molecule has 2 saturated heterocycles. The first-order valence-electron chi connectivity index (χ1n) is 3.49. The Kier molecular flexibility index (Phi) is 1.89. The minimum Gasteiger partial charge on any atom is -0.615 e. The first-order chi connectivity index (χ1) is 5.25. The van der Waals surface area contributed by atoms with Crippen molar-refractivity contribution in [1.29, 1.82) is 0 Å². The minimum atomic E-state index is -0.786. The van der Waals surface area contributed by atoms with E-state index in [0.29, 0.717) is 17.6 Å². The highest BCUT2D eigenvalue weighted by Crippen LogP contribution is 2.36. The van der Waals surface area contributed by atoms with Gasteiger partial charge in [-0.1, -0.05) is 15.9 Å². The van der Waals surface area contributed by atoms with E-state index in [1.54, 1.807) is 4.90 Å². The molecule has 2 rings (SSSR count). The molecule has 0 aromatic carbocycles.